The number of aliphatic hydroxyl groups excluding tert-OH is 1. The van der Waals surface area contributed by atoms with Gasteiger partial charge in [0.15, 0.2) is 0 Å². The van der Waals surface area contributed by atoms with Crippen molar-refractivity contribution in [1.29, 1.82) is 0 Å². The molecule has 0 heterocycles. The Hall–Kier alpha value is -2.40. The predicted molar refractivity (Wildman–Crippen MR) is 81.6 cm³/mol. The Balaban J connectivity index is 1.95. The molecule has 0 radical (unpaired) electrons. The number of benzene rings is 2. The van der Waals surface area contributed by atoms with Gasteiger partial charge >= 0.3 is 0 Å². The van der Waals surface area contributed by atoms with E-state index in [1.165, 1.54) is 0 Å². The molecule has 2 rings (SSSR count). The molecule has 0 amide bonds. The summed E-state index contributed by atoms with van der Waals surface area (Å²) in [6.07, 6.45) is 0. The zero-order chi connectivity index (χ0) is 14.4. The zero-order valence-corrected chi connectivity index (χ0v) is 11.2. The fourth-order valence-corrected chi connectivity index (χ4v) is 1.81. The Morgan fingerprint density at radius 1 is 1.05 bits per heavy atom. The Morgan fingerprint density at radius 3 is 2.50 bits per heavy atom. The number of nitrogens with one attached hydrogen (secondary N) is 1. The molecule has 0 fully saturated rings. The zero-order valence-electron chi connectivity index (χ0n) is 11.2. The summed E-state index contributed by atoms with van der Waals surface area (Å²) in [5.74, 6) is 0.730. The van der Waals surface area contributed by atoms with Crippen LogP contribution >= 0.6 is 0 Å². The van der Waals surface area contributed by atoms with E-state index in [9.17, 15) is 0 Å². The molecule has 0 spiro atoms. The third-order valence-corrected chi connectivity index (χ3v) is 2.86. The Labute approximate surface area is 118 Å². The van der Waals surface area contributed by atoms with Gasteiger partial charge in [-0.3, -0.25) is 0 Å². The molecule has 2 aromatic rings. The Bertz CT molecular complexity index is 556. The first-order valence-corrected chi connectivity index (χ1v) is 6.40. The fourth-order valence-electron chi connectivity index (χ4n) is 1.81. The van der Waals surface area contributed by atoms with E-state index in [-0.39, 0.29) is 6.61 Å². The topological polar surface area (TPSA) is 93.5 Å². The van der Waals surface area contributed by atoms with Crippen molar-refractivity contribution in [2.45, 2.75) is 6.54 Å². The van der Waals surface area contributed by atoms with Crippen molar-refractivity contribution in [2.75, 3.05) is 30.0 Å². The van der Waals surface area contributed by atoms with Gasteiger partial charge in [-0.25, -0.2) is 0 Å². The summed E-state index contributed by atoms with van der Waals surface area (Å²) in [4.78, 5) is 0. The highest BCUT2D eigenvalue weighted by molar-refractivity contribution is 5.57. The lowest BCUT2D eigenvalue weighted by Crippen LogP contribution is -2.04. The van der Waals surface area contributed by atoms with Gasteiger partial charge in [0.25, 0.3) is 0 Å². The Kier molecular flexibility index (Phi) is 4.68. The quantitative estimate of drug-likeness (QED) is 0.602. The molecule has 0 aliphatic carbocycles. The van der Waals surface area contributed by atoms with Crippen molar-refractivity contribution in [2.24, 2.45) is 0 Å². The van der Waals surface area contributed by atoms with Crippen LogP contribution in [-0.4, -0.2) is 18.3 Å². The lowest BCUT2D eigenvalue weighted by Gasteiger charge is -2.10. The van der Waals surface area contributed by atoms with Crippen molar-refractivity contribution < 1.29 is 9.84 Å². The summed E-state index contributed by atoms with van der Waals surface area (Å²) < 4.78 is 5.29. The first kappa shape index (κ1) is 14.0. The maximum atomic E-state index is 8.68. The molecule has 2 aromatic carbocycles. The molecule has 0 aliphatic heterocycles. The lowest BCUT2D eigenvalue weighted by molar-refractivity contribution is 0.201. The summed E-state index contributed by atoms with van der Waals surface area (Å²) >= 11 is 0. The van der Waals surface area contributed by atoms with Crippen LogP contribution in [0.5, 0.6) is 5.75 Å². The lowest BCUT2D eigenvalue weighted by atomic mass is 10.1. The van der Waals surface area contributed by atoms with Gasteiger partial charge in [-0.15, -0.1) is 0 Å². The first-order chi connectivity index (χ1) is 9.69. The van der Waals surface area contributed by atoms with Crippen molar-refractivity contribution in [3.8, 4) is 5.75 Å². The fraction of sp³-hybridized carbons (Fsp3) is 0.200. The van der Waals surface area contributed by atoms with Crippen molar-refractivity contribution in [1.82, 2.24) is 0 Å². The van der Waals surface area contributed by atoms with E-state index in [0.29, 0.717) is 18.8 Å². The number of anilines is 3. The van der Waals surface area contributed by atoms with E-state index in [4.69, 9.17) is 21.3 Å². The average molecular weight is 273 g/mol. The minimum Gasteiger partial charge on any atom is -0.491 e. The highest BCUT2D eigenvalue weighted by Crippen LogP contribution is 2.19. The number of nitrogen functional groups attached to an aromatic ring is 2. The monoisotopic (exact) mass is 273 g/mol. The van der Waals surface area contributed by atoms with Crippen LogP contribution in [0.2, 0.25) is 0 Å². The molecule has 20 heavy (non-hydrogen) atoms. The average Bonchev–Trinajstić information content (AvgIpc) is 2.47. The van der Waals surface area contributed by atoms with Crippen molar-refractivity contribution in [3.05, 3.63) is 48.0 Å². The number of aliphatic hydroxyl groups is 1. The second-order valence-corrected chi connectivity index (χ2v) is 4.41. The summed E-state index contributed by atoms with van der Waals surface area (Å²) in [5, 5.41) is 12.0. The van der Waals surface area contributed by atoms with Gasteiger partial charge < -0.3 is 26.6 Å². The van der Waals surface area contributed by atoms with Gasteiger partial charge in [-0.2, -0.15) is 0 Å². The van der Waals surface area contributed by atoms with E-state index < -0.39 is 0 Å². The van der Waals surface area contributed by atoms with E-state index >= 15 is 0 Å². The Morgan fingerprint density at radius 2 is 1.80 bits per heavy atom. The SMILES string of the molecule is Nc1ccc(N)c(CNc2ccc(OCCO)cc2)c1. The maximum Gasteiger partial charge on any atom is 0.119 e. The number of nitrogens with two attached hydrogens (primary N) is 2. The van der Waals surface area contributed by atoms with Crippen LogP contribution < -0.4 is 21.5 Å². The summed E-state index contributed by atoms with van der Waals surface area (Å²) in [6, 6.07) is 13.0. The second kappa shape index (κ2) is 6.68. The van der Waals surface area contributed by atoms with Crippen LogP contribution in [0.15, 0.2) is 42.5 Å². The van der Waals surface area contributed by atoms with E-state index in [0.717, 1.165) is 22.7 Å². The van der Waals surface area contributed by atoms with Crippen LogP contribution in [0.1, 0.15) is 5.56 Å². The van der Waals surface area contributed by atoms with Crippen molar-refractivity contribution >= 4 is 17.1 Å². The van der Waals surface area contributed by atoms with Crippen LogP contribution in [0, 0.1) is 0 Å². The third kappa shape index (κ3) is 3.80. The smallest absolute Gasteiger partial charge is 0.119 e. The normalized spacial score (nSPS) is 10.2. The molecule has 0 aliphatic rings. The number of hydrogen-bond donors (Lipinski definition) is 4. The molecule has 0 unspecified atom stereocenters. The molecule has 5 nitrogen and oxygen atoms in total. The molecule has 0 saturated carbocycles. The number of ether oxygens (including phenoxy) is 1. The van der Waals surface area contributed by atoms with Crippen molar-refractivity contribution in [3.63, 3.8) is 0 Å². The van der Waals surface area contributed by atoms with E-state index in [2.05, 4.69) is 5.32 Å². The molecular formula is C15H19N3O2. The van der Waals surface area contributed by atoms with Gasteiger partial charge in [0.2, 0.25) is 0 Å². The van der Waals surface area contributed by atoms with E-state index in [1.54, 1.807) is 12.1 Å². The standard InChI is InChI=1S/C15H19N3O2/c16-12-1-6-15(17)11(9-12)10-18-13-2-4-14(5-3-13)20-8-7-19/h1-6,9,18-19H,7-8,10,16-17H2. The highest BCUT2D eigenvalue weighted by Gasteiger charge is 2.00. The maximum absolute atomic E-state index is 8.68. The third-order valence-electron chi connectivity index (χ3n) is 2.86. The molecule has 0 saturated heterocycles. The van der Waals surface area contributed by atoms with Gasteiger partial charge in [0, 0.05) is 23.6 Å². The molecular weight excluding hydrogens is 254 g/mol. The van der Waals surface area contributed by atoms with Gasteiger partial charge in [-0.05, 0) is 48.0 Å². The summed E-state index contributed by atoms with van der Waals surface area (Å²) in [7, 11) is 0. The van der Waals surface area contributed by atoms with Crippen LogP contribution in [-0.2, 0) is 6.54 Å². The minimum absolute atomic E-state index is 0.00864. The van der Waals surface area contributed by atoms with Crippen LogP contribution in [0.25, 0.3) is 0 Å². The van der Waals surface area contributed by atoms with Crippen LogP contribution in [0.3, 0.4) is 0 Å². The van der Waals surface area contributed by atoms with Crippen LogP contribution in [0.4, 0.5) is 17.1 Å². The molecule has 0 aromatic heterocycles. The second-order valence-electron chi connectivity index (χ2n) is 4.41. The van der Waals surface area contributed by atoms with Gasteiger partial charge in [0.05, 0.1) is 6.61 Å². The summed E-state index contributed by atoms with van der Waals surface area (Å²) in [5.41, 5.74) is 15.0. The summed E-state index contributed by atoms with van der Waals surface area (Å²) in [6.45, 7) is 0.912. The van der Waals surface area contributed by atoms with Gasteiger partial charge in [0.1, 0.15) is 12.4 Å². The molecule has 0 atom stereocenters. The molecule has 106 valence electrons. The largest absolute Gasteiger partial charge is 0.491 e. The number of rotatable bonds is 6. The first-order valence-electron chi connectivity index (χ1n) is 6.40. The van der Waals surface area contributed by atoms with Gasteiger partial charge in [-0.1, -0.05) is 0 Å². The predicted octanol–water partition coefficient (Wildman–Crippen LogP) is 1.83. The molecule has 5 heteroatoms. The van der Waals surface area contributed by atoms with E-state index in [1.807, 2.05) is 30.3 Å². The number of hydrogen-bond acceptors (Lipinski definition) is 5. The molecule has 0 bridgehead atoms. The highest BCUT2D eigenvalue weighted by atomic mass is 16.5. The molecule has 6 N–H and O–H groups in total. The minimum atomic E-state index is 0.00864.